The molecule has 94 valence electrons. The third kappa shape index (κ3) is 3.16. The normalized spacial score (nSPS) is 12.2. The Bertz CT molecular complexity index is 557. The van der Waals surface area contributed by atoms with E-state index in [1.807, 2.05) is 49.4 Å². The van der Waals surface area contributed by atoms with Gasteiger partial charge >= 0.3 is 0 Å². The van der Waals surface area contributed by atoms with Gasteiger partial charge in [0.15, 0.2) is 0 Å². The van der Waals surface area contributed by atoms with E-state index in [4.69, 9.17) is 22.1 Å². The van der Waals surface area contributed by atoms with E-state index in [0.29, 0.717) is 10.8 Å². The molecule has 0 radical (unpaired) electrons. The number of para-hydroxylation sites is 1. The molecule has 18 heavy (non-hydrogen) atoms. The van der Waals surface area contributed by atoms with Crippen LogP contribution in [0.3, 0.4) is 0 Å². The summed E-state index contributed by atoms with van der Waals surface area (Å²) in [6, 6.07) is 13.4. The second kappa shape index (κ2) is 5.91. The summed E-state index contributed by atoms with van der Waals surface area (Å²) in [5, 5.41) is 0.574. The largest absolute Gasteiger partial charge is 0.455 e. The molecule has 0 aliphatic rings. The highest BCUT2D eigenvalue weighted by molar-refractivity contribution is 14.1. The van der Waals surface area contributed by atoms with Crippen molar-refractivity contribution in [3.05, 3.63) is 56.6 Å². The molecule has 2 aromatic rings. The van der Waals surface area contributed by atoms with Gasteiger partial charge in [-0.1, -0.05) is 29.8 Å². The Labute approximate surface area is 125 Å². The van der Waals surface area contributed by atoms with Crippen LogP contribution >= 0.6 is 34.2 Å². The van der Waals surface area contributed by atoms with E-state index in [9.17, 15) is 0 Å². The molecule has 0 aromatic heterocycles. The maximum Gasteiger partial charge on any atom is 0.146 e. The van der Waals surface area contributed by atoms with Crippen molar-refractivity contribution in [2.45, 2.75) is 13.0 Å². The second-order valence-corrected chi connectivity index (χ2v) is 5.58. The molecule has 2 N–H and O–H groups in total. The van der Waals surface area contributed by atoms with Gasteiger partial charge in [-0.2, -0.15) is 0 Å². The van der Waals surface area contributed by atoms with E-state index in [1.54, 1.807) is 0 Å². The molecule has 0 fully saturated rings. The molecule has 2 nitrogen and oxygen atoms in total. The van der Waals surface area contributed by atoms with E-state index in [-0.39, 0.29) is 6.04 Å². The van der Waals surface area contributed by atoms with Crippen LogP contribution in [0.15, 0.2) is 42.5 Å². The van der Waals surface area contributed by atoms with Crippen LogP contribution < -0.4 is 10.5 Å². The first-order valence-corrected chi connectivity index (χ1v) is 7.01. The van der Waals surface area contributed by atoms with Gasteiger partial charge in [0.2, 0.25) is 0 Å². The zero-order valence-electron chi connectivity index (χ0n) is 9.86. The fraction of sp³-hybridized carbons (Fsp3) is 0.143. The molecule has 0 unspecified atom stereocenters. The van der Waals surface area contributed by atoms with Gasteiger partial charge in [-0.3, -0.25) is 0 Å². The molecule has 0 aliphatic carbocycles. The standard InChI is InChI=1S/C14H13ClINO/c1-9(17)10-6-7-13(11(15)8-10)18-14-5-3-2-4-12(14)16/h2-9H,17H2,1H3/t9-/m0/s1. The third-order valence-corrected chi connectivity index (χ3v) is 3.72. The summed E-state index contributed by atoms with van der Waals surface area (Å²) >= 11 is 8.42. The van der Waals surface area contributed by atoms with Crippen molar-refractivity contribution < 1.29 is 4.74 Å². The maximum absolute atomic E-state index is 6.19. The van der Waals surface area contributed by atoms with Gasteiger partial charge in [-0.15, -0.1) is 0 Å². The summed E-state index contributed by atoms with van der Waals surface area (Å²) < 4.78 is 6.84. The lowest BCUT2D eigenvalue weighted by molar-refractivity contribution is 0.479. The number of halogens is 2. The molecule has 2 rings (SSSR count). The lowest BCUT2D eigenvalue weighted by atomic mass is 10.1. The average Bonchev–Trinajstić information content (AvgIpc) is 2.34. The van der Waals surface area contributed by atoms with Crippen LogP contribution in [0.2, 0.25) is 5.02 Å². The highest BCUT2D eigenvalue weighted by Gasteiger charge is 2.08. The molecule has 0 amide bonds. The lowest BCUT2D eigenvalue weighted by Gasteiger charge is -2.11. The van der Waals surface area contributed by atoms with Crippen LogP contribution in [0, 0.1) is 3.57 Å². The van der Waals surface area contributed by atoms with Crippen molar-refractivity contribution in [2.24, 2.45) is 5.73 Å². The summed E-state index contributed by atoms with van der Waals surface area (Å²) in [6.45, 7) is 1.92. The minimum absolute atomic E-state index is 0.0339. The molecule has 4 heteroatoms. The minimum Gasteiger partial charge on any atom is -0.455 e. The summed E-state index contributed by atoms with van der Waals surface area (Å²) in [7, 11) is 0. The van der Waals surface area contributed by atoms with Crippen molar-refractivity contribution >= 4 is 34.2 Å². The Balaban J connectivity index is 2.28. The van der Waals surface area contributed by atoms with Crippen LogP contribution in [-0.2, 0) is 0 Å². The first-order valence-electron chi connectivity index (χ1n) is 5.55. The number of hydrogen-bond donors (Lipinski definition) is 1. The molecule has 0 saturated carbocycles. The van der Waals surface area contributed by atoms with Crippen molar-refractivity contribution in [2.75, 3.05) is 0 Å². The Morgan fingerprint density at radius 1 is 1.17 bits per heavy atom. The number of benzene rings is 2. The SMILES string of the molecule is C[C@H](N)c1ccc(Oc2ccccc2I)c(Cl)c1. The first kappa shape index (κ1) is 13.6. The van der Waals surface area contributed by atoms with E-state index in [2.05, 4.69) is 22.6 Å². The fourth-order valence-corrected chi connectivity index (χ4v) is 2.25. The van der Waals surface area contributed by atoms with Gasteiger partial charge in [-0.25, -0.2) is 0 Å². The summed E-state index contributed by atoms with van der Waals surface area (Å²) in [5.41, 5.74) is 6.80. The molecule has 2 aromatic carbocycles. The number of rotatable bonds is 3. The highest BCUT2D eigenvalue weighted by atomic mass is 127. The van der Waals surface area contributed by atoms with E-state index < -0.39 is 0 Å². The molecule has 0 bridgehead atoms. The monoisotopic (exact) mass is 373 g/mol. The quantitative estimate of drug-likeness (QED) is 0.788. The van der Waals surface area contributed by atoms with Gasteiger partial charge in [-0.05, 0) is 59.3 Å². The molecule has 1 atom stereocenters. The van der Waals surface area contributed by atoms with Crippen LogP contribution in [0.4, 0.5) is 0 Å². The molecular formula is C14H13ClINO. The lowest BCUT2D eigenvalue weighted by Crippen LogP contribution is -2.04. The van der Waals surface area contributed by atoms with Crippen LogP contribution in [0.5, 0.6) is 11.5 Å². The summed E-state index contributed by atoms with van der Waals surface area (Å²) in [5.74, 6) is 1.44. The Morgan fingerprint density at radius 3 is 2.50 bits per heavy atom. The van der Waals surface area contributed by atoms with E-state index in [1.165, 1.54) is 0 Å². The van der Waals surface area contributed by atoms with Crippen LogP contribution in [0.25, 0.3) is 0 Å². The second-order valence-electron chi connectivity index (χ2n) is 4.01. The van der Waals surface area contributed by atoms with Gasteiger partial charge in [0.05, 0.1) is 8.59 Å². The van der Waals surface area contributed by atoms with Crippen LogP contribution in [0.1, 0.15) is 18.5 Å². The minimum atomic E-state index is -0.0339. The molecular weight excluding hydrogens is 361 g/mol. The smallest absolute Gasteiger partial charge is 0.146 e. The number of hydrogen-bond acceptors (Lipinski definition) is 2. The Hall–Kier alpha value is -0.780. The summed E-state index contributed by atoms with van der Waals surface area (Å²) in [6.07, 6.45) is 0. The van der Waals surface area contributed by atoms with Crippen molar-refractivity contribution in [3.8, 4) is 11.5 Å². The number of nitrogens with two attached hydrogens (primary N) is 1. The number of ether oxygens (including phenoxy) is 1. The van der Waals surface area contributed by atoms with Crippen molar-refractivity contribution in [1.29, 1.82) is 0 Å². The molecule has 0 heterocycles. The Kier molecular flexibility index (Phi) is 4.48. The zero-order valence-corrected chi connectivity index (χ0v) is 12.8. The topological polar surface area (TPSA) is 35.2 Å². The fourth-order valence-electron chi connectivity index (χ4n) is 1.53. The maximum atomic E-state index is 6.19. The zero-order chi connectivity index (χ0) is 13.1. The van der Waals surface area contributed by atoms with Gasteiger partial charge < -0.3 is 10.5 Å². The van der Waals surface area contributed by atoms with Gasteiger partial charge in [0, 0.05) is 6.04 Å². The van der Waals surface area contributed by atoms with Gasteiger partial charge in [0.25, 0.3) is 0 Å². The predicted octanol–water partition coefficient (Wildman–Crippen LogP) is 4.76. The van der Waals surface area contributed by atoms with E-state index >= 15 is 0 Å². The highest BCUT2D eigenvalue weighted by Crippen LogP contribution is 2.33. The predicted molar refractivity (Wildman–Crippen MR) is 83.3 cm³/mol. The van der Waals surface area contributed by atoms with Crippen LogP contribution in [-0.4, -0.2) is 0 Å². The van der Waals surface area contributed by atoms with Crippen molar-refractivity contribution in [3.63, 3.8) is 0 Å². The molecule has 0 aliphatic heterocycles. The summed E-state index contributed by atoms with van der Waals surface area (Å²) in [4.78, 5) is 0. The molecule has 0 saturated heterocycles. The van der Waals surface area contributed by atoms with E-state index in [0.717, 1.165) is 14.9 Å². The van der Waals surface area contributed by atoms with Gasteiger partial charge in [0.1, 0.15) is 11.5 Å². The third-order valence-electron chi connectivity index (χ3n) is 2.54. The first-order chi connectivity index (χ1) is 8.58. The Morgan fingerprint density at radius 2 is 1.89 bits per heavy atom. The average molecular weight is 374 g/mol. The molecule has 0 spiro atoms. The van der Waals surface area contributed by atoms with Crippen molar-refractivity contribution in [1.82, 2.24) is 0 Å².